The van der Waals surface area contributed by atoms with Crippen LogP contribution in [0.1, 0.15) is 42.2 Å². The molecule has 170 valence electrons. The van der Waals surface area contributed by atoms with Crippen LogP contribution in [0.2, 0.25) is 0 Å². The van der Waals surface area contributed by atoms with E-state index in [1.165, 1.54) is 6.20 Å². The molecule has 32 heavy (non-hydrogen) atoms. The van der Waals surface area contributed by atoms with Gasteiger partial charge < -0.3 is 20.5 Å². The second-order valence-electron chi connectivity index (χ2n) is 7.71. The van der Waals surface area contributed by atoms with Gasteiger partial charge in [-0.2, -0.15) is 4.98 Å². The van der Waals surface area contributed by atoms with Gasteiger partial charge in [0.25, 0.3) is 0 Å². The third kappa shape index (κ3) is 4.09. The number of rotatable bonds is 5. The minimum atomic E-state index is -1.60. The van der Waals surface area contributed by atoms with E-state index in [9.17, 15) is 18.3 Å². The molecule has 2 aromatic heterocycles. The average Bonchev–Trinajstić information content (AvgIpc) is 3.45. The number of anilines is 3. The highest BCUT2D eigenvalue weighted by molar-refractivity contribution is 5.76. The summed E-state index contributed by atoms with van der Waals surface area (Å²) in [6, 6.07) is -0.745. The second kappa shape index (κ2) is 8.55. The van der Waals surface area contributed by atoms with Crippen molar-refractivity contribution in [2.24, 2.45) is 0 Å². The predicted molar refractivity (Wildman–Crippen MR) is 111 cm³/mol. The standard InChI is InChI=1S/C21H23F3N6O2/c22-11-7-15(23)18(16(24)8-11)28-21-27-17-9-25-20(26-12-1-3-14(31)4-2-12)29-19(17)30(21)13-5-6-32-10-13/h7-9,12-14,31H,1-6,10H2,(H,27,28)(H,25,26,29)/i1D,3D,12D. The summed E-state index contributed by atoms with van der Waals surface area (Å²) in [5.74, 6) is -3.23. The van der Waals surface area contributed by atoms with Crippen LogP contribution in [0.5, 0.6) is 0 Å². The number of aromatic nitrogens is 4. The Morgan fingerprint density at radius 1 is 1.16 bits per heavy atom. The van der Waals surface area contributed by atoms with E-state index in [-0.39, 0.29) is 30.8 Å². The first-order valence-electron chi connectivity index (χ1n) is 11.9. The van der Waals surface area contributed by atoms with E-state index in [4.69, 9.17) is 8.85 Å². The number of imidazole rings is 1. The molecule has 3 aromatic rings. The summed E-state index contributed by atoms with van der Waals surface area (Å²) in [6.07, 6.45) is -1.14. The highest BCUT2D eigenvalue weighted by Crippen LogP contribution is 2.32. The molecule has 1 saturated carbocycles. The normalized spacial score (nSPS) is 31.8. The highest BCUT2D eigenvalue weighted by atomic mass is 19.1. The maximum absolute atomic E-state index is 14.3. The lowest BCUT2D eigenvalue weighted by Gasteiger charge is -2.26. The summed E-state index contributed by atoms with van der Waals surface area (Å²) in [5.41, 5.74) is 0.0242. The summed E-state index contributed by atoms with van der Waals surface area (Å²) in [7, 11) is 0. The molecule has 0 spiro atoms. The van der Waals surface area contributed by atoms with E-state index < -0.39 is 48.1 Å². The van der Waals surface area contributed by atoms with Crippen LogP contribution < -0.4 is 10.6 Å². The number of aliphatic hydroxyl groups is 1. The maximum atomic E-state index is 14.3. The van der Waals surface area contributed by atoms with Crippen LogP contribution in [0.4, 0.5) is 30.8 Å². The van der Waals surface area contributed by atoms with Crippen molar-refractivity contribution in [3.63, 3.8) is 0 Å². The number of aliphatic hydroxyl groups excluding tert-OH is 1. The molecule has 2 aliphatic rings. The zero-order chi connectivity index (χ0) is 24.9. The Hall–Kier alpha value is -2.92. The number of nitrogens with one attached hydrogen (secondary N) is 2. The van der Waals surface area contributed by atoms with E-state index in [1.807, 2.05) is 0 Å². The van der Waals surface area contributed by atoms with Gasteiger partial charge in [-0.05, 0) is 32.1 Å². The quantitative estimate of drug-likeness (QED) is 0.545. The SMILES string of the molecule is [2H]C1C(O)CCC([2H])(Nc2ncc3nc(Nc4c(F)cc(F)cc4F)n(C4CCOC4)c3n2)C1[2H]. The van der Waals surface area contributed by atoms with Crippen molar-refractivity contribution in [3.8, 4) is 0 Å². The van der Waals surface area contributed by atoms with Gasteiger partial charge in [-0.3, -0.25) is 4.57 Å². The Kier molecular flexibility index (Phi) is 4.71. The molecule has 0 radical (unpaired) electrons. The number of hydrogen-bond acceptors (Lipinski definition) is 7. The Bertz CT molecular complexity index is 1240. The molecule has 5 atom stereocenters. The number of ether oxygens (including phenoxy) is 1. The van der Waals surface area contributed by atoms with Crippen LogP contribution >= 0.6 is 0 Å². The van der Waals surface area contributed by atoms with Gasteiger partial charge in [0, 0.05) is 27.5 Å². The van der Waals surface area contributed by atoms with Crippen LogP contribution in [0, 0.1) is 17.5 Å². The van der Waals surface area contributed by atoms with Crippen molar-refractivity contribution < 1.29 is 27.1 Å². The number of benzene rings is 1. The molecule has 0 amide bonds. The average molecular weight is 451 g/mol. The summed E-state index contributed by atoms with van der Waals surface area (Å²) in [6.45, 7) is 0.764. The molecular weight excluding hydrogens is 425 g/mol. The van der Waals surface area contributed by atoms with Crippen LogP contribution in [0.3, 0.4) is 0 Å². The Labute approximate surface area is 186 Å². The van der Waals surface area contributed by atoms with Crippen molar-refractivity contribution in [1.82, 2.24) is 19.5 Å². The first kappa shape index (κ1) is 17.6. The zero-order valence-corrected chi connectivity index (χ0v) is 16.9. The van der Waals surface area contributed by atoms with Crippen molar-refractivity contribution in [2.75, 3.05) is 23.8 Å². The van der Waals surface area contributed by atoms with Crippen LogP contribution in [0.25, 0.3) is 11.2 Å². The van der Waals surface area contributed by atoms with Gasteiger partial charge >= 0.3 is 0 Å². The van der Waals surface area contributed by atoms with E-state index >= 15 is 0 Å². The summed E-state index contributed by atoms with van der Waals surface area (Å²) in [4.78, 5) is 13.0. The Morgan fingerprint density at radius 3 is 2.72 bits per heavy atom. The molecule has 1 aliphatic heterocycles. The van der Waals surface area contributed by atoms with Crippen LogP contribution in [0.15, 0.2) is 18.3 Å². The van der Waals surface area contributed by atoms with Crippen LogP contribution in [-0.2, 0) is 4.74 Å². The lowest BCUT2D eigenvalue weighted by atomic mass is 9.93. The largest absolute Gasteiger partial charge is 0.393 e. The fourth-order valence-corrected chi connectivity index (χ4v) is 3.84. The maximum Gasteiger partial charge on any atom is 0.224 e. The van der Waals surface area contributed by atoms with Gasteiger partial charge in [0.2, 0.25) is 11.9 Å². The fraction of sp³-hybridized carbons (Fsp3) is 0.476. The number of hydrogen-bond donors (Lipinski definition) is 3. The lowest BCUT2D eigenvalue weighted by Crippen LogP contribution is -2.29. The molecular formula is C21H23F3N6O2. The molecule has 1 saturated heterocycles. The van der Waals surface area contributed by atoms with E-state index in [0.29, 0.717) is 42.9 Å². The van der Waals surface area contributed by atoms with Gasteiger partial charge in [0.05, 0.1) is 26.3 Å². The fourth-order valence-electron chi connectivity index (χ4n) is 3.84. The summed E-state index contributed by atoms with van der Waals surface area (Å²) < 4.78 is 73.9. The smallest absolute Gasteiger partial charge is 0.224 e. The first-order chi connectivity index (χ1) is 16.7. The molecule has 5 rings (SSSR count). The molecule has 5 unspecified atom stereocenters. The molecule has 1 aliphatic carbocycles. The monoisotopic (exact) mass is 451 g/mol. The Balaban J connectivity index is 1.53. The van der Waals surface area contributed by atoms with Gasteiger partial charge in [-0.25, -0.2) is 23.1 Å². The molecule has 3 N–H and O–H groups in total. The second-order valence-corrected chi connectivity index (χ2v) is 7.71. The first-order valence-corrected chi connectivity index (χ1v) is 10.2. The van der Waals surface area contributed by atoms with Crippen molar-refractivity contribution in [3.05, 3.63) is 35.8 Å². The van der Waals surface area contributed by atoms with Gasteiger partial charge in [-0.1, -0.05) is 0 Å². The third-order valence-electron chi connectivity index (χ3n) is 5.45. The van der Waals surface area contributed by atoms with E-state index in [2.05, 4.69) is 25.6 Å². The summed E-state index contributed by atoms with van der Waals surface area (Å²) in [5, 5.41) is 15.3. The van der Waals surface area contributed by atoms with E-state index in [1.54, 1.807) is 4.57 Å². The molecule has 8 nitrogen and oxygen atoms in total. The van der Waals surface area contributed by atoms with Crippen molar-refractivity contribution in [2.45, 2.75) is 50.2 Å². The number of fused-ring (bicyclic) bond motifs is 1. The Morgan fingerprint density at radius 2 is 1.97 bits per heavy atom. The molecule has 0 bridgehead atoms. The van der Waals surface area contributed by atoms with Gasteiger partial charge in [-0.15, -0.1) is 0 Å². The number of nitrogens with zero attached hydrogens (tertiary/aromatic N) is 4. The number of halogens is 3. The zero-order valence-electron chi connectivity index (χ0n) is 19.9. The van der Waals surface area contributed by atoms with Crippen molar-refractivity contribution in [1.29, 1.82) is 0 Å². The summed E-state index contributed by atoms with van der Waals surface area (Å²) >= 11 is 0. The van der Waals surface area contributed by atoms with Crippen LogP contribution in [-0.4, -0.2) is 50.0 Å². The minimum absolute atomic E-state index is 0.0131. The highest BCUT2D eigenvalue weighted by Gasteiger charge is 2.27. The molecule has 1 aromatic carbocycles. The van der Waals surface area contributed by atoms with Gasteiger partial charge in [0.15, 0.2) is 17.3 Å². The molecule has 3 heterocycles. The molecule has 11 heteroatoms. The third-order valence-corrected chi connectivity index (χ3v) is 5.45. The minimum Gasteiger partial charge on any atom is -0.393 e. The lowest BCUT2D eigenvalue weighted by molar-refractivity contribution is 0.126. The van der Waals surface area contributed by atoms with E-state index in [0.717, 1.165) is 0 Å². The molecule has 2 fully saturated rings. The van der Waals surface area contributed by atoms with Gasteiger partial charge in [0.1, 0.15) is 17.0 Å². The van der Waals surface area contributed by atoms with Crippen molar-refractivity contribution >= 4 is 28.7 Å². The topological polar surface area (TPSA) is 97.1 Å². The predicted octanol–water partition coefficient (Wildman–Crippen LogP) is 3.66.